The van der Waals surface area contributed by atoms with Crippen molar-refractivity contribution in [3.63, 3.8) is 0 Å². The molecule has 1 heterocycles. The molecular formula is C21H25ClN5O4PS. The van der Waals surface area contributed by atoms with Crippen LogP contribution in [0.3, 0.4) is 0 Å². The van der Waals surface area contributed by atoms with E-state index in [1.807, 2.05) is 0 Å². The third-order valence-corrected chi connectivity index (χ3v) is 8.37. The van der Waals surface area contributed by atoms with Gasteiger partial charge in [0, 0.05) is 19.4 Å². The molecule has 0 saturated carbocycles. The molecule has 33 heavy (non-hydrogen) atoms. The number of rotatable bonds is 8. The van der Waals surface area contributed by atoms with Crippen LogP contribution in [0.25, 0.3) is 0 Å². The van der Waals surface area contributed by atoms with Crippen molar-refractivity contribution in [2.75, 3.05) is 45.2 Å². The first-order valence-corrected chi connectivity index (χ1v) is 14.2. The molecule has 0 radical (unpaired) electrons. The second-order valence-corrected chi connectivity index (χ2v) is 13.4. The number of halogens is 1. The fraction of sp³-hybridized carbons (Fsp3) is 0.238. The number of nitrogens with one attached hydrogen (secondary N) is 2. The van der Waals surface area contributed by atoms with Gasteiger partial charge >= 0.3 is 0 Å². The summed E-state index contributed by atoms with van der Waals surface area (Å²) >= 11 is 6.28. The monoisotopic (exact) mass is 509 g/mol. The normalized spacial score (nSPS) is 12.0. The quantitative estimate of drug-likeness (QED) is 0.436. The van der Waals surface area contributed by atoms with Gasteiger partial charge in [0.2, 0.25) is 16.0 Å². The number of anilines is 4. The second kappa shape index (κ2) is 9.69. The van der Waals surface area contributed by atoms with E-state index in [0.29, 0.717) is 22.4 Å². The Kier molecular flexibility index (Phi) is 7.33. The molecule has 0 aliphatic heterocycles. The van der Waals surface area contributed by atoms with Crippen molar-refractivity contribution in [3.8, 4) is 5.75 Å². The van der Waals surface area contributed by atoms with Crippen LogP contribution in [0.4, 0.5) is 23.1 Å². The summed E-state index contributed by atoms with van der Waals surface area (Å²) in [5.41, 5.74) is 0.889. The van der Waals surface area contributed by atoms with Gasteiger partial charge in [0.25, 0.3) is 0 Å². The number of hydrogen-bond donors (Lipinski definition) is 2. The Morgan fingerprint density at radius 1 is 1.06 bits per heavy atom. The molecule has 1 aromatic heterocycles. The highest BCUT2D eigenvalue weighted by molar-refractivity contribution is 7.89. The lowest BCUT2D eigenvalue weighted by molar-refractivity contribution is 0.417. The molecule has 12 heteroatoms. The van der Waals surface area contributed by atoms with Gasteiger partial charge in [-0.25, -0.2) is 17.7 Å². The Labute approximate surface area is 198 Å². The summed E-state index contributed by atoms with van der Waals surface area (Å²) in [6, 6.07) is 11.7. The molecule has 0 unspecified atom stereocenters. The largest absolute Gasteiger partial charge is 0.495 e. The van der Waals surface area contributed by atoms with E-state index in [9.17, 15) is 13.0 Å². The van der Waals surface area contributed by atoms with E-state index < -0.39 is 17.2 Å². The summed E-state index contributed by atoms with van der Waals surface area (Å²) in [5.74, 6) is 0.904. The molecule has 9 nitrogen and oxygen atoms in total. The van der Waals surface area contributed by atoms with E-state index in [1.54, 1.807) is 49.7 Å². The van der Waals surface area contributed by atoms with Gasteiger partial charge in [0.05, 0.1) is 24.7 Å². The van der Waals surface area contributed by atoms with Crippen molar-refractivity contribution in [1.29, 1.82) is 0 Å². The highest BCUT2D eigenvalue weighted by Crippen LogP contribution is 2.38. The smallest absolute Gasteiger partial charge is 0.244 e. The number of benzene rings is 2. The van der Waals surface area contributed by atoms with Crippen molar-refractivity contribution in [2.45, 2.75) is 4.90 Å². The summed E-state index contributed by atoms with van der Waals surface area (Å²) in [5, 5.41) is 6.93. The Morgan fingerprint density at radius 3 is 2.39 bits per heavy atom. The Balaban J connectivity index is 1.95. The molecule has 0 aliphatic rings. The molecule has 2 aromatic carbocycles. The maximum Gasteiger partial charge on any atom is 0.244 e. The zero-order valence-electron chi connectivity index (χ0n) is 18.8. The van der Waals surface area contributed by atoms with Crippen LogP contribution in [0.5, 0.6) is 5.75 Å². The van der Waals surface area contributed by atoms with E-state index >= 15 is 0 Å². The molecule has 0 amide bonds. The standard InChI is InChI=1S/C21H25ClN5O4PS/c1-27(2)33(29,30)19-9-7-6-8-17(19)24-20-15(22)13-23-21(26-20)25-16-11-10-14(32(4,5)28)12-18(16)31-3/h6-13H,1-5H3,(H2,23,24,25,26). The van der Waals surface area contributed by atoms with Crippen LogP contribution < -0.4 is 20.7 Å². The van der Waals surface area contributed by atoms with Gasteiger partial charge in [0.15, 0.2) is 5.82 Å². The van der Waals surface area contributed by atoms with Crippen LogP contribution in [0.1, 0.15) is 0 Å². The number of ether oxygens (including phenoxy) is 1. The maximum atomic E-state index is 12.7. The highest BCUT2D eigenvalue weighted by Gasteiger charge is 2.22. The summed E-state index contributed by atoms with van der Waals surface area (Å²) in [4.78, 5) is 8.67. The second-order valence-electron chi connectivity index (χ2n) is 7.66. The molecule has 0 spiro atoms. The summed E-state index contributed by atoms with van der Waals surface area (Å²) in [7, 11) is -1.72. The lowest BCUT2D eigenvalue weighted by Gasteiger charge is -2.17. The fourth-order valence-corrected chi connectivity index (χ4v) is 4.91. The van der Waals surface area contributed by atoms with Crippen LogP contribution in [0.15, 0.2) is 53.6 Å². The first-order chi connectivity index (χ1) is 15.4. The SMILES string of the molecule is COc1cc(P(C)(C)=O)ccc1Nc1ncc(Cl)c(Nc2ccccc2S(=O)(=O)N(C)C)n1. The Bertz CT molecular complexity index is 1330. The van der Waals surface area contributed by atoms with Crippen molar-refractivity contribution >= 4 is 57.2 Å². The van der Waals surface area contributed by atoms with Crippen LogP contribution in [-0.2, 0) is 14.6 Å². The first-order valence-electron chi connectivity index (χ1n) is 9.75. The van der Waals surface area contributed by atoms with Gasteiger partial charge in [-0.2, -0.15) is 4.98 Å². The number of sulfonamides is 1. The molecule has 0 fully saturated rings. The number of aromatic nitrogens is 2. The number of nitrogens with zero attached hydrogens (tertiary/aromatic N) is 3. The highest BCUT2D eigenvalue weighted by atomic mass is 35.5. The van der Waals surface area contributed by atoms with E-state index in [1.165, 1.54) is 33.5 Å². The number of methoxy groups -OCH3 is 1. The maximum absolute atomic E-state index is 12.7. The molecule has 176 valence electrons. The lowest BCUT2D eigenvalue weighted by Crippen LogP contribution is -2.23. The van der Waals surface area contributed by atoms with Crippen molar-refractivity contribution in [1.82, 2.24) is 14.3 Å². The van der Waals surface area contributed by atoms with E-state index in [2.05, 4.69) is 20.6 Å². The minimum atomic E-state index is -3.70. The minimum Gasteiger partial charge on any atom is -0.495 e. The molecular weight excluding hydrogens is 485 g/mol. The van der Waals surface area contributed by atoms with Crippen molar-refractivity contribution in [3.05, 3.63) is 53.7 Å². The molecule has 2 N–H and O–H groups in total. The molecule has 0 atom stereocenters. The van der Waals surface area contributed by atoms with Crippen molar-refractivity contribution < 1.29 is 17.7 Å². The summed E-state index contributed by atoms with van der Waals surface area (Å²) in [6.45, 7) is 3.37. The Morgan fingerprint density at radius 2 is 1.76 bits per heavy atom. The third kappa shape index (κ3) is 5.65. The van der Waals surface area contributed by atoms with Gasteiger partial charge < -0.3 is 19.9 Å². The number of hydrogen-bond acceptors (Lipinski definition) is 8. The lowest BCUT2D eigenvalue weighted by atomic mass is 10.3. The minimum absolute atomic E-state index is 0.0833. The van der Waals surface area contributed by atoms with E-state index in [0.717, 1.165) is 4.31 Å². The fourth-order valence-electron chi connectivity index (χ4n) is 2.87. The predicted octanol–water partition coefficient (Wildman–Crippen LogP) is 4.12. The molecule has 0 aliphatic carbocycles. The molecule has 0 bridgehead atoms. The average Bonchev–Trinajstić information content (AvgIpc) is 2.75. The van der Waals surface area contributed by atoms with Gasteiger partial charge in [-0.3, -0.25) is 0 Å². The Hall–Kier alpha value is -2.65. The third-order valence-electron chi connectivity index (χ3n) is 4.70. The van der Waals surface area contributed by atoms with Gasteiger partial charge in [-0.15, -0.1) is 0 Å². The van der Waals surface area contributed by atoms with Gasteiger partial charge in [-0.05, 0) is 43.7 Å². The van der Waals surface area contributed by atoms with Crippen LogP contribution in [0.2, 0.25) is 5.02 Å². The average molecular weight is 510 g/mol. The van der Waals surface area contributed by atoms with E-state index in [4.69, 9.17) is 16.3 Å². The molecule has 3 aromatic rings. The summed E-state index contributed by atoms with van der Waals surface area (Å²) in [6.07, 6.45) is 1.40. The topological polar surface area (TPSA) is 114 Å². The van der Waals surface area contributed by atoms with E-state index in [-0.39, 0.29) is 21.7 Å². The van der Waals surface area contributed by atoms with Gasteiger partial charge in [-0.1, -0.05) is 23.7 Å². The summed E-state index contributed by atoms with van der Waals surface area (Å²) < 4.78 is 44.3. The molecule has 0 saturated heterocycles. The molecule has 3 rings (SSSR count). The van der Waals surface area contributed by atoms with Crippen LogP contribution >= 0.6 is 18.7 Å². The zero-order chi connectivity index (χ0) is 24.4. The zero-order valence-corrected chi connectivity index (χ0v) is 21.3. The van der Waals surface area contributed by atoms with Crippen LogP contribution in [0, 0.1) is 0 Å². The van der Waals surface area contributed by atoms with Crippen molar-refractivity contribution in [2.24, 2.45) is 0 Å². The predicted molar refractivity (Wildman–Crippen MR) is 133 cm³/mol. The van der Waals surface area contributed by atoms with Crippen LogP contribution in [-0.4, -0.2) is 57.2 Å². The van der Waals surface area contributed by atoms with Gasteiger partial charge in [0.1, 0.15) is 22.8 Å². The first kappa shape index (κ1) is 25.0. The number of para-hydroxylation sites is 1.